The van der Waals surface area contributed by atoms with Gasteiger partial charge in [-0.3, -0.25) is 14.4 Å². The first-order valence-corrected chi connectivity index (χ1v) is 8.67. The number of carbonyl (C=O) groups is 3. The van der Waals surface area contributed by atoms with E-state index in [2.05, 4.69) is 5.32 Å². The van der Waals surface area contributed by atoms with Gasteiger partial charge in [-0.15, -0.1) is 0 Å². The van der Waals surface area contributed by atoms with E-state index in [0.717, 1.165) is 17.0 Å². The molecule has 1 aromatic rings. The number of aliphatic carboxylic acids is 1. The molecule has 1 aromatic carbocycles. The zero-order valence-electron chi connectivity index (χ0n) is 14.5. The Morgan fingerprint density at radius 3 is 2.63 bits per heavy atom. The molecule has 2 amide bonds. The summed E-state index contributed by atoms with van der Waals surface area (Å²) >= 11 is 0. The highest BCUT2D eigenvalue weighted by atomic mass is 19.1. The van der Waals surface area contributed by atoms with Crippen LogP contribution in [0.4, 0.5) is 14.5 Å². The van der Waals surface area contributed by atoms with E-state index < -0.39 is 40.9 Å². The maximum Gasteiger partial charge on any atom is 0.305 e. The van der Waals surface area contributed by atoms with Crippen molar-refractivity contribution in [1.82, 2.24) is 5.32 Å². The smallest absolute Gasteiger partial charge is 0.305 e. The van der Waals surface area contributed by atoms with Gasteiger partial charge in [0.15, 0.2) is 0 Å². The number of benzene rings is 1. The standard InChI is InChI=1S/C18H20F2N2O5/c19-12-1-2-14(13(20)8-12)22-10-11(7-15(22)23)17(26)21-18(9-16(24)25)3-5-27-6-4-18/h1-2,8,11H,3-7,9-10H2,(H,21,26)(H,24,25). The van der Waals surface area contributed by atoms with Crippen LogP contribution in [-0.4, -0.2) is 48.2 Å². The number of carboxylic acids is 1. The number of hydrogen-bond donors (Lipinski definition) is 2. The van der Waals surface area contributed by atoms with Gasteiger partial charge in [0.05, 0.1) is 23.6 Å². The van der Waals surface area contributed by atoms with E-state index >= 15 is 0 Å². The molecule has 7 nitrogen and oxygen atoms in total. The van der Waals surface area contributed by atoms with E-state index in [9.17, 15) is 23.2 Å². The summed E-state index contributed by atoms with van der Waals surface area (Å²) in [6.07, 6.45) is 0.366. The normalized spacial score (nSPS) is 21.9. The molecule has 0 bridgehead atoms. The van der Waals surface area contributed by atoms with Crippen molar-refractivity contribution in [2.45, 2.75) is 31.2 Å². The number of halogens is 2. The van der Waals surface area contributed by atoms with Crippen LogP contribution in [0.2, 0.25) is 0 Å². The van der Waals surface area contributed by atoms with Crippen molar-refractivity contribution in [1.29, 1.82) is 0 Å². The van der Waals surface area contributed by atoms with Gasteiger partial charge in [-0.25, -0.2) is 8.78 Å². The lowest BCUT2D eigenvalue weighted by Crippen LogP contribution is -2.54. The van der Waals surface area contributed by atoms with Gasteiger partial charge in [-0.2, -0.15) is 0 Å². The van der Waals surface area contributed by atoms with E-state index in [4.69, 9.17) is 9.84 Å². The summed E-state index contributed by atoms with van der Waals surface area (Å²) in [6, 6.07) is 2.89. The highest BCUT2D eigenvalue weighted by molar-refractivity contribution is 6.00. The SMILES string of the molecule is O=C(O)CC1(NC(=O)C2CC(=O)N(c3ccc(F)cc3F)C2)CCOCC1. The maximum absolute atomic E-state index is 14.0. The lowest BCUT2D eigenvalue weighted by Gasteiger charge is -2.37. The molecule has 1 unspecified atom stereocenters. The number of carboxylic acid groups (broad SMARTS) is 1. The average Bonchev–Trinajstić information content (AvgIpc) is 2.96. The number of hydrogen-bond acceptors (Lipinski definition) is 4. The Morgan fingerprint density at radius 2 is 2.00 bits per heavy atom. The molecule has 0 aliphatic carbocycles. The van der Waals surface area contributed by atoms with Crippen LogP contribution in [0.5, 0.6) is 0 Å². The highest BCUT2D eigenvalue weighted by Gasteiger charge is 2.41. The van der Waals surface area contributed by atoms with Crippen molar-refractivity contribution in [2.24, 2.45) is 5.92 Å². The summed E-state index contributed by atoms with van der Waals surface area (Å²) in [5, 5.41) is 12.0. The Balaban J connectivity index is 1.72. The van der Waals surface area contributed by atoms with Gasteiger partial charge in [0.25, 0.3) is 0 Å². The predicted molar refractivity (Wildman–Crippen MR) is 90.0 cm³/mol. The first-order valence-electron chi connectivity index (χ1n) is 8.67. The predicted octanol–water partition coefficient (Wildman–Crippen LogP) is 1.46. The summed E-state index contributed by atoms with van der Waals surface area (Å²) in [7, 11) is 0. The number of rotatable bonds is 5. The number of ether oxygens (including phenoxy) is 1. The maximum atomic E-state index is 14.0. The third-order valence-electron chi connectivity index (χ3n) is 5.02. The monoisotopic (exact) mass is 382 g/mol. The molecule has 2 aliphatic rings. The Hall–Kier alpha value is -2.55. The van der Waals surface area contributed by atoms with Crippen LogP contribution >= 0.6 is 0 Å². The van der Waals surface area contributed by atoms with Crippen LogP contribution in [0, 0.1) is 17.6 Å². The average molecular weight is 382 g/mol. The third-order valence-corrected chi connectivity index (χ3v) is 5.02. The number of carbonyl (C=O) groups excluding carboxylic acids is 2. The van der Waals surface area contributed by atoms with Crippen LogP contribution in [0.1, 0.15) is 25.7 Å². The second kappa shape index (κ2) is 7.59. The van der Waals surface area contributed by atoms with E-state index in [1.807, 2.05) is 0 Å². The molecular formula is C18H20F2N2O5. The van der Waals surface area contributed by atoms with Crippen LogP contribution in [0.3, 0.4) is 0 Å². The molecule has 146 valence electrons. The van der Waals surface area contributed by atoms with Gasteiger partial charge in [-0.1, -0.05) is 0 Å². The lowest BCUT2D eigenvalue weighted by atomic mass is 9.85. The van der Waals surface area contributed by atoms with Crippen LogP contribution in [-0.2, 0) is 19.1 Å². The molecule has 0 spiro atoms. The van der Waals surface area contributed by atoms with Gasteiger partial charge in [-0.05, 0) is 25.0 Å². The molecule has 1 atom stereocenters. The lowest BCUT2D eigenvalue weighted by molar-refractivity contribution is -0.141. The molecular weight excluding hydrogens is 362 g/mol. The molecule has 2 saturated heterocycles. The van der Waals surface area contributed by atoms with Crippen LogP contribution < -0.4 is 10.2 Å². The zero-order valence-corrected chi connectivity index (χ0v) is 14.5. The van der Waals surface area contributed by atoms with Crippen molar-refractivity contribution in [2.75, 3.05) is 24.7 Å². The van der Waals surface area contributed by atoms with Gasteiger partial charge < -0.3 is 20.1 Å². The summed E-state index contributed by atoms with van der Waals surface area (Å²) in [6.45, 7) is 0.626. The highest BCUT2D eigenvalue weighted by Crippen LogP contribution is 2.30. The second-order valence-corrected chi connectivity index (χ2v) is 6.95. The minimum atomic E-state index is -1.03. The largest absolute Gasteiger partial charge is 0.481 e. The molecule has 27 heavy (non-hydrogen) atoms. The molecule has 2 aliphatic heterocycles. The van der Waals surface area contributed by atoms with Crippen molar-refractivity contribution in [3.05, 3.63) is 29.8 Å². The molecule has 2 N–H and O–H groups in total. The minimum Gasteiger partial charge on any atom is -0.481 e. The second-order valence-electron chi connectivity index (χ2n) is 6.95. The molecule has 9 heteroatoms. The first kappa shape index (κ1) is 19.2. The van der Waals surface area contributed by atoms with Gasteiger partial charge >= 0.3 is 5.97 Å². The molecule has 3 rings (SSSR count). The van der Waals surface area contributed by atoms with Gasteiger partial charge in [0.2, 0.25) is 11.8 Å². The third kappa shape index (κ3) is 4.24. The minimum absolute atomic E-state index is 0.0487. The summed E-state index contributed by atoms with van der Waals surface area (Å²) in [5.41, 5.74) is -0.998. The first-order chi connectivity index (χ1) is 12.8. The zero-order chi connectivity index (χ0) is 19.6. The number of amides is 2. The molecule has 0 radical (unpaired) electrons. The fraction of sp³-hybridized carbons (Fsp3) is 0.500. The van der Waals surface area contributed by atoms with Crippen molar-refractivity contribution in [3.8, 4) is 0 Å². The van der Waals surface area contributed by atoms with E-state index in [-0.39, 0.29) is 25.1 Å². The van der Waals surface area contributed by atoms with Gasteiger partial charge in [0, 0.05) is 32.2 Å². The number of anilines is 1. The number of nitrogens with zero attached hydrogens (tertiary/aromatic N) is 1. The summed E-state index contributed by atoms with van der Waals surface area (Å²) in [4.78, 5) is 37.3. The van der Waals surface area contributed by atoms with Crippen molar-refractivity contribution < 1.29 is 33.0 Å². The van der Waals surface area contributed by atoms with E-state index in [1.165, 1.54) is 0 Å². The Labute approximate surface area is 154 Å². The molecule has 2 fully saturated rings. The Kier molecular flexibility index (Phi) is 5.41. The Morgan fingerprint density at radius 1 is 1.30 bits per heavy atom. The topological polar surface area (TPSA) is 95.9 Å². The van der Waals surface area contributed by atoms with Crippen molar-refractivity contribution >= 4 is 23.5 Å². The molecule has 0 saturated carbocycles. The quantitative estimate of drug-likeness (QED) is 0.804. The summed E-state index contributed by atoms with van der Waals surface area (Å²) in [5.74, 6) is -4.30. The fourth-order valence-electron chi connectivity index (χ4n) is 3.58. The molecule has 2 heterocycles. The van der Waals surface area contributed by atoms with E-state index in [0.29, 0.717) is 32.1 Å². The van der Waals surface area contributed by atoms with E-state index in [1.54, 1.807) is 0 Å². The van der Waals surface area contributed by atoms with Crippen LogP contribution in [0.25, 0.3) is 0 Å². The Bertz CT molecular complexity index is 764. The fourth-order valence-corrected chi connectivity index (χ4v) is 3.58. The van der Waals surface area contributed by atoms with Crippen LogP contribution in [0.15, 0.2) is 18.2 Å². The summed E-state index contributed by atoms with van der Waals surface area (Å²) < 4.78 is 32.3. The van der Waals surface area contributed by atoms with Gasteiger partial charge in [0.1, 0.15) is 11.6 Å². The number of nitrogens with one attached hydrogen (secondary N) is 1. The van der Waals surface area contributed by atoms with Crippen molar-refractivity contribution in [3.63, 3.8) is 0 Å². The molecule has 0 aromatic heterocycles.